The highest BCUT2D eigenvalue weighted by atomic mass is 31.2. The third kappa shape index (κ3) is 54.7. The van der Waals surface area contributed by atoms with Crippen molar-refractivity contribution in [2.24, 2.45) is 0 Å². The molecule has 0 spiro atoms. The number of phosphoric ester groups is 1. The van der Waals surface area contributed by atoms with Gasteiger partial charge in [0.15, 0.2) is 6.10 Å². The van der Waals surface area contributed by atoms with Crippen LogP contribution in [0.3, 0.4) is 0 Å². The molecule has 0 amide bonds. The number of phosphoric acid groups is 1. The minimum atomic E-state index is -4.74. The van der Waals surface area contributed by atoms with Gasteiger partial charge in [0.05, 0.1) is 19.8 Å². The van der Waals surface area contributed by atoms with Crippen molar-refractivity contribution in [1.29, 1.82) is 0 Å². The van der Waals surface area contributed by atoms with Gasteiger partial charge in [0.1, 0.15) is 12.7 Å². The molecule has 436 valence electrons. The van der Waals surface area contributed by atoms with Gasteiger partial charge in [-0.1, -0.05) is 251 Å². The predicted molar refractivity (Wildman–Crippen MR) is 307 cm³/mol. The molecule has 0 aliphatic carbocycles. The Morgan fingerprint density at radius 2 is 0.622 bits per heavy atom. The third-order valence-corrected chi connectivity index (χ3v) is 14.8. The van der Waals surface area contributed by atoms with E-state index in [-0.39, 0.29) is 25.9 Å². The summed E-state index contributed by atoms with van der Waals surface area (Å²) in [5.41, 5.74) is 0. The highest BCUT2D eigenvalue weighted by molar-refractivity contribution is 7.47. The van der Waals surface area contributed by atoms with E-state index in [1.165, 1.54) is 180 Å². The fourth-order valence-corrected chi connectivity index (χ4v) is 9.84. The molecule has 0 saturated carbocycles. The first-order valence-electron chi connectivity index (χ1n) is 31.2. The van der Waals surface area contributed by atoms with E-state index < -0.39 is 57.8 Å². The normalized spacial score (nSPS) is 13.4. The van der Waals surface area contributed by atoms with Crippen LogP contribution in [0.1, 0.15) is 316 Å². The lowest BCUT2D eigenvalue weighted by Crippen LogP contribution is -2.30. The number of unbranched alkanes of at least 4 members (excludes halogenated alkanes) is 38. The van der Waals surface area contributed by atoms with E-state index in [1.54, 1.807) is 0 Å². The third-order valence-electron chi connectivity index (χ3n) is 13.8. The molecule has 0 aliphatic heterocycles. The molecule has 0 saturated heterocycles. The molecule has 0 heterocycles. The first-order valence-corrected chi connectivity index (χ1v) is 32.7. The second-order valence-electron chi connectivity index (χ2n) is 21.2. The SMILES string of the molecule is CCCCCC/C=C\CCCCCCCC(=O)OC(CO)COP(=O)(O)OCC(COC(=O)CCCCCCCCCCCCCCCCC)OC(=O)CCCCCCCCCCC/C=C\CCCCCCCC. The molecular weight excluding hydrogens is 952 g/mol. The van der Waals surface area contributed by atoms with E-state index in [0.717, 1.165) is 77.0 Å². The van der Waals surface area contributed by atoms with Crippen LogP contribution in [-0.2, 0) is 42.2 Å². The Balaban J connectivity index is 4.67. The average molecular weight is 1070 g/mol. The molecule has 0 rings (SSSR count). The molecule has 3 atom stereocenters. The molecule has 0 fully saturated rings. The van der Waals surface area contributed by atoms with Gasteiger partial charge in [-0.05, 0) is 70.6 Å². The van der Waals surface area contributed by atoms with Gasteiger partial charge in [0.2, 0.25) is 0 Å². The van der Waals surface area contributed by atoms with E-state index in [2.05, 4.69) is 45.1 Å². The number of rotatable bonds is 59. The van der Waals surface area contributed by atoms with Crippen molar-refractivity contribution in [3.8, 4) is 0 Å². The zero-order valence-corrected chi connectivity index (χ0v) is 49.2. The Hall–Kier alpha value is -2.04. The van der Waals surface area contributed by atoms with Crippen LogP contribution in [0.25, 0.3) is 0 Å². The number of hydrogen-bond donors (Lipinski definition) is 2. The molecule has 0 bridgehead atoms. The minimum absolute atomic E-state index is 0.170. The van der Waals surface area contributed by atoms with Gasteiger partial charge >= 0.3 is 25.7 Å². The van der Waals surface area contributed by atoms with Crippen LogP contribution >= 0.6 is 7.82 Å². The lowest BCUT2D eigenvalue weighted by Gasteiger charge is -2.21. The molecule has 0 aromatic carbocycles. The molecular formula is C62H117O11P. The molecule has 0 radical (unpaired) electrons. The zero-order chi connectivity index (χ0) is 54.1. The van der Waals surface area contributed by atoms with Crippen molar-refractivity contribution >= 4 is 25.7 Å². The second kappa shape index (κ2) is 57.1. The monoisotopic (exact) mass is 1070 g/mol. The lowest BCUT2D eigenvalue weighted by molar-refractivity contribution is -0.161. The van der Waals surface area contributed by atoms with E-state index in [9.17, 15) is 28.9 Å². The number of ether oxygens (including phenoxy) is 3. The largest absolute Gasteiger partial charge is 0.472 e. The van der Waals surface area contributed by atoms with Crippen molar-refractivity contribution in [3.05, 3.63) is 24.3 Å². The Bertz CT molecular complexity index is 1340. The summed E-state index contributed by atoms with van der Waals surface area (Å²) in [4.78, 5) is 48.6. The van der Waals surface area contributed by atoms with Gasteiger partial charge in [-0.25, -0.2) is 4.57 Å². The van der Waals surface area contributed by atoms with Crippen molar-refractivity contribution in [2.75, 3.05) is 26.4 Å². The second-order valence-corrected chi connectivity index (χ2v) is 22.7. The molecule has 0 aliphatic rings. The first kappa shape index (κ1) is 72.0. The minimum Gasteiger partial charge on any atom is -0.462 e. The van der Waals surface area contributed by atoms with E-state index in [1.807, 2.05) is 0 Å². The number of aliphatic hydroxyl groups is 1. The smallest absolute Gasteiger partial charge is 0.462 e. The number of hydrogen-bond acceptors (Lipinski definition) is 10. The van der Waals surface area contributed by atoms with Gasteiger partial charge in [0.25, 0.3) is 0 Å². The molecule has 12 heteroatoms. The van der Waals surface area contributed by atoms with Crippen LogP contribution in [0, 0.1) is 0 Å². The molecule has 0 aromatic heterocycles. The molecule has 2 N–H and O–H groups in total. The fourth-order valence-electron chi connectivity index (χ4n) is 9.05. The van der Waals surface area contributed by atoms with Crippen LogP contribution in [0.15, 0.2) is 24.3 Å². The highest BCUT2D eigenvalue weighted by Gasteiger charge is 2.28. The summed E-state index contributed by atoms with van der Waals surface area (Å²) < 4.78 is 39.6. The number of aliphatic hydroxyl groups excluding tert-OH is 1. The van der Waals surface area contributed by atoms with Crippen molar-refractivity contribution in [1.82, 2.24) is 0 Å². The van der Waals surface area contributed by atoms with Crippen LogP contribution < -0.4 is 0 Å². The van der Waals surface area contributed by atoms with E-state index in [0.29, 0.717) is 19.3 Å². The standard InChI is InChI=1S/C62H117O11P/c1-4-7-10-13-16-19-22-25-27-28-29-30-32-35-38-41-44-47-50-53-62(66)73-59(55-69-60(64)51-48-45-42-39-36-34-31-26-23-20-17-14-11-8-5-2)57-71-74(67,68)70-56-58(54-63)72-61(65)52-49-46-43-40-37-33-24-21-18-15-12-9-6-3/h21,24-25,27,58-59,63H,4-20,22-23,26,28-57H2,1-3H3,(H,67,68)/b24-21-,27-25-. The summed E-state index contributed by atoms with van der Waals surface area (Å²) in [7, 11) is -4.74. The Morgan fingerprint density at radius 3 is 0.946 bits per heavy atom. The van der Waals surface area contributed by atoms with Gasteiger partial charge < -0.3 is 24.2 Å². The summed E-state index contributed by atoms with van der Waals surface area (Å²) in [5.74, 6) is -1.45. The average Bonchev–Trinajstić information content (AvgIpc) is 3.39. The number of esters is 3. The Kier molecular flexibility index (Phi) is 55.6. The molecule has 0 aromatic rings. The highest BCUT2D eigenvalue weighted by Crippen LogP contribution is 2.43. The quantitative estimate of drug-likeness (QED) is 0.0197. The molecule has 74 heavy (non-hydrogen) atoms. The number of carbonyl (C=O) groups is 3. The number of allylic oxidation sites excluding steroid dienone is 4. The van der Waals surface area contributed by atoms with Crippen LogP contribution in [0.2, 0.25) is 0 Å². The van der Waals surface area contributed by atoms with E-state index >= 15 is 0 Å². The van der Waals surface area contributed by atoms with Crippen molar-refractivity contribution in [2.45, 2.75) is 328 Å². The van der Waals surface area contributed by atoms with E-state index in [4.69, 9.17) is 23.3 Å². The van der Waals surface area contributed by atoms with Gasteiger partial charge in [-0.2, -0.15) is 0 Å². The summed E-state index contributed by atoms with van der Waals surface area (Å²) in [6.45, 7) is 4.68. The summed E-state index contributed by atoms with van der Waals surface area (Å²) in [6, 6.07) is 0. The maximum absolute atomic E-state index is 12.9. The van der Waals surface area contributed by atoms with Crippen LogP contribution in [0.4, 0.5) is 0 Å². The van der Waals surface area contributed by atoms with Gasteiger partial charge in [0, 0.05) is 19.3 Å². The summed E-state index contributed by atoms with van der Waals surface area (Å²) in [6.07, 6.45) is 58.4. The maximum Gasteiger partial charge on any atom is 0.472 e. The lowest BCUT2D eigenvalue weighted by atomic mass is 10.0. The fraction of sp³-hybridized carbons (Fsp3) is 0.887. The van der Waals surface area contributed by atoms with Gasteiger partial charge in [-0.15, -0.1) is 0 Å². The molecule has 3 unspecified atom stereocenters. The van der Waals surface area contributed by atoms with Crippen molar-refractivity contribution < 1.29 is 52.2 Å². The summed E-state index contributed by atoms with van der Waals surface area (Å²) >= 11 is 0. The first-order chi connectivity index (χ1) is 36.2. The Labute approximate surface area is 455 Å². The van der Waals surface area contributed by atoms with Crippen molar-refractivity contribution in [3.63, 3.8) is 0 Å². The number of carbonyl (C=O) groups excluding carboxylic acids is 3. The van der Waals surface area contributed by atoms with Crippen LogP contribution in [-0.4, -0.2) is 66.5 Å². The maximum atomic E-state index is 12.9. The molecule has 11 nitrogen and oxygen atoms in total. The van der Waals surface area contributed by atoms with Crippen LogP contribution in [0.5, 0.6) is 0 Å². The zero-order valence-electron chi connectivity index (χ0n) is 48.3. The topological polar surface area (TPSA) is 155 Å². The summed E-state index contributed by atoms with van der Waals surface area (Å²) in [5, 5.41) is 9.82. The predicted octanol–water partition coefficient (Wildman–Crippen LogP) is 18.6. The Morgan fingerprint density at radius 1 is 0.365 bits per heavy atom. The van der Waals surface area contributed by atoms with Gasteiger partial charge in [-0.3, -0.25) is 23.4 Å².